The van der Waals surface area contributed by atoms with Gasteiger partial charge < -0.3 is 10.0 Å². The van der Waals surface area contributed by atoms with Crippen LogP contribution in [0.2, 0.25) is 0 Å². The molecule has 0 bridgehead atoms. The summed E-state index contributed by atoms with van der Waals surface area (Å²) in [6, 6.07) is 15.8. The molecule has 19 heavy (non-hydrogen) atoms. The Morgan fingerprint density at radius 1 is 1.00 bits per heavy atom. The van der Waals surface area contributed by atoms with Gasteiger partial charge in [0.1, 0.15) is 5.75 Å². The fourth-order valence-electron chi connectivity index (χ4n) is 2.03. The summed E-state index contributed by atoms with van der Waals surface area (Å²) in [4.78, 5) is 2.22. The van der Waals surface area contributed by atoms with Crippen LogP contribution in [0, 0.1) is 0 Å². The Bertz CT molecular complexity index is 542. The molecule has 2 aromatic rings. The van der Waals surface area contributed by atoms with Gasteiger partial charge in [-0.15, -0.1) is 0 Å². The smallest absolute Gasteiger partial charge is 0.120 e. The monoisotopic (exact) mass is 319 g/mol. The maximum absolute atomic E-state index is 9.75. The van der Waals surface area contributed by atoms with Gasteiger partial charge >= 0.3 is 0 Å². The van der Waals surface area contributed by atoms with E-state index in [2.05, 4.69) is 46.1 Å². The minimum atomic E-state index is 0.371. The molecule has 3 heteroatoms. The number of hydrogen-bond donors (Lipinski definition) is 1. The molecule has 0 aliphatic heterocycles. The molecule has 0 saturated carbocycles. The van der Waals surface area contributed by atoms with Crippen LogP contribution < -0.4 is 0 Å². The van der Waals surface area contributed by atoms with E-state index in [9.17, 15) is 5.11 Å². The SMILES string of the molecule is CN(CCc1ccccc1Br)Cc1ccccc1O. The van der Waals surface area contributed by atoms with Crippen molar-refractivity contribution in [3.05, 3.63) is 64.1 Å². The fourth-order valence-corrected chi connectivity index (χ4v) is 2.51. The van der Waals surface area contributed by atoms with Crippen molar-refractivity contribution in [2.24, 2.45) is 0 Å². The number of hydrogen-bond acceptors (Lipinski definition) is 2. The lowest BCUT2D eigenvalue weighted by Crippen LogP contribution is -2.20. The van der Waals surface area contributed by atoms with E-state index < -0.39 is 0 Å². The normalized spacial score (nSPS) is 10.9. The Morgan fingerprint density at radius 3 is 2.32 bits per heavy atom. The molecule has 0 atom stereocenters. The van der Waals surface area contributed by atoms with Crippen LogP contribution in [0.4, 0.5) is 0 Å². The number of halogens is 1. The van der Waals surface area contributed by atoms with Crippen molar-refractivity contribution >= 4 is 15.9 Å². The summed E-state index contributed by atoms with van der Waals surface area (Å²) in [5, 5.41) is 9.75. The van der Waals surface area contributed by atoms with Gasteiger partial charge in [0.05, 0.1) is 0 Å². The Balaban J connectivity index is 1.90. The quantitative estimate of drug-likeness (QED) is 0.905. The highest BCUT2D eigenvalue weighted by atomic mass is 79.9. The standard InChI is InChI=1S/C16H18BrNO/c1-18(12-14-7-3-5-9-16(14)19)11-10-13-6-2-4-8-15(13)17/h2-9,19H,10-12H2,1H3. The van der Waals surface area contributed by atoms with Crippen molar-refractivity contribution < 1.29 is 5.11 Å². The van der Waals surface area contributed by atoms with Crippen LogP contribution >= 0.6 is 15.9 Å². The maximum atomic E-state index is 9.75. The van der Waals surface area contributed by atoms with Gasteiger partial charge in [0.2, 0.25) is 0 Å². The number of para-hydroxylation sites is 1. The second-order valence-corrected chi connectivity index (χ2v) is 5.56. The summed E-state index contributed by atoms with van der Waals surface area (Å²) in [5.41, 5.74) is 2.28. The average Bonchev–Trinajstić information content (AvgIpc) is 2.40. The number of nitrogens with zero attached hydrogens (tertiary/aromatic N) is 1. The van der Waals surface area contributed by atoms with Crippen LogP contribution in [0.25, 0.3) is 0 Å². The second kappa shape index (κ2) is 6.73. The van der Waals surface area contributed by atoms with Gasteiger partial charge in [-0.2, -0.15) is 0 Å². The van der Waals surface area contributed by atoms with Gasteiger partial charge in [0.15, 0.2) is 0 Å². The molecule has 0 spiro atoms. The van der Waals surface area contributed by atoms with E-state index in [-0.39, 0.29) is 0 Å². The summed E-state index contributed by atoms with van der Waals surface area (Å²) in [5.74, 6) is 0.371. The van der Waals surface area contributed by atoms with Gasteiger partial charge in [-0.25, -0.2) is 0 Å². The number of phenols is 1. The molecule has 0 saturated heterocycles. The molecule has 0 aromatic heterocycles. The lowest BCUT2D eigenvalue weighted by atomic mass is 10.1. The first kappa shape index (κ1) is 14.1. The highest BCUT2D eigenvalue weighted by Gasteiger charge is 2.05. The van der Waals surface area contributed by atoms with Crippen LogP contribution in [-0.2, 0) is 13.0 Å². The number of rotatable bonds is 5. The van der Waals surface area contributed by atoms with Crippen molar-refractivity contribution in [1.29, 1.82) is 0 Å². The molecule has 100 valence electrons. The Kier molecular flexibility index (Phi) is 5.00. The van der Waals surface area contributed by atoms with E-state index in [1.807, 2.05) is 24.3 Å². The lowest BCUT2D eigenvalue weighted by Gasteiger charge is -2.17. The van der Waals surface area contributed by atoms with Crippen LogP contribution in [0.15, 0.2) is 53.0 Å². The van der Waals surface area contributed by atoms with Crippen LogP contribution in [0.1, 0.15) is 11.1 Å². The van der Waals surface area contributed by atoms with E-state index in [4.69, 9.17) is 0 Å². The molecule has 1 N–H and O–H groups in total. The molecule has 0 amide bonds. The molecule has 2 nitrogen and oxygen atoms in total. The summed E-state index contributed by atoms with van der Waals surface area (Å²) in [6.45, 7) is 1.72. The first-order valence-corrected chi connectivity index (χ1v) is 7.15. The third kappa shape index (κ3) is 4.08. The van der Waals surface area contributed by atoms with Crippen molar-refractivity contribution in [2.45, 2.75) is 13.0 Å². The third-order valence-electron chi connectivity index (χ3n) is 3.15. The molecule has 0 heterocycles. The van der Waals surface area contributed by atoms with Crippen molar-refractivity contribution in [3.8, 4) is 5.75 Å². The van der Waals surface area contributed by atoms with Gasteiger partial charge in [-0.3, -0.25) is 0 Å². The maximum Gasteiger partial charge on any atom is 0.120 e. The first-order valence-electron chi connectivity index (χ1n) is 6.35. The highest BCUT2D eigenvalue weighted by molar-refractivity contribution is 9.10. The number of benzene rings is 2. The zero-order chi connectivity index (χ0) is 13.7. The third-order valence-corrected chi connectivity index (χ3v) is 3.93. The van der Waals surface area contributed by atoms with Crippen molar-refractivity contribution in [3.63, 3.8) is 0 Å². The van der Waals surface area contributed by atoms with E-state index in [1.54, 1.807) is 6.07 Å². The fraction of sp³-hybridized carbons (Fsp3) is 0.250. The van der Waals surface area contributed by atoms with Crippen LogP contribution in [0.5, 0.6) is 5.75 Å². The summed E-state index contributed by atoms with van der Waals surface area (Å²) in [6.07, 6.45) is 0.992. The molecular formula is C16H18BrNO. The predicted molar refractivity (Wildman–Crippen MR) is 82.3 cm³/mol. The topological polar surface area (TPSA) is 23.5 Å². The predicted octanol–water partition coefficient (Wildman–Crippen LogP) is 3.83. The van der Waals surface area contributed by atoms with Gasteiger partial charge in [0.25, 0.3) is 0 Å². The first-order chi connectivity index (χ1) is 9.16. The van der Waals surface area contributed by atoms with E-state index in [0.29, 0.717) is 5.75 Å². The van der Waals surface area contributed by atoms with E-state index in [0.717, 1.165) is 29.5 Å². The second-order valence-electron chi connectivity index (χ2n) is 4.71. The van der Waals surface area contributed by atoms with E-state index >= 15 is 0 Å². The summed E-state index contributed by atoms with van der Waals surface area (Å²) < 4.78 is 1.16. The van der Waals surface area contributed by atoms with Crippen LogP contribution in [0.3, 0.4) is 0 Å². The molecule has 0 aliphatic rings. The molecular weight excluding hydrogens is 302 g/mol. The molecule has 2 rings (SSSR count). The van der Waals surface area contributed by atoms with Gasteiger partial charge in [0, 0.05) is 23.1 Å². The van der Waals surface area contributed by atoms with Crippen molar-refractivity contribution in [1.82, 2.24) is 4.90 Å². The largest absolute Gasteiger partial charge is 0.508 e. The molecule has 0 unspecified atom stereocenters. The molecule has 2 aromatic carbocycles. The van der Waals surface area contributed by atoms with E-state index in [1.165, 1.54) is 5.56 Å². The van der Waals surface area contributed by atoms with Crippen molar-refractivity contribution in [2.75, 3.05) is 13.6 Å². The average molecular weight is 320 g/mol. The number of aromatic hydroxyl groups is 1. The summed E-state index contributed by atoms with van der Waals surface area (Å²) in [7, 11) is 2.07. The Labute approximate surface area is 122 Å². The lowest BCUT2D eigenvalue weighted by molar-refractivity contribution is 0.324. The van der Waals surface area contributed by atoms with Gasteiger partial charge in [-0.1, -0.05) is 52.3 Å². The molecule has 0 fully saturated rings. The minimum Gasteiger partial charge on any atom is -0.508 e. The number of likely N-dealkylation sites (N-methyl/N-ethyl adjacent to an activating group) is 1. The van der Waals surface area contributed by atoms with Crippen LogP contribution in [-0.4, -0.2) is 23.6 Å². The minimum absolute atomic E-state index is 0.371. The molecule has 0 radical (unpaired) electrons. The Hall–Kier alpha value is -1.32. The molecule has 0 aliphatic carbocycles. The summed E-state index contributed by atoms with van der Waals surface area (Å²) >= 11 is 3.57. The zero-order valence-corrected chi connectivity index (χ0v) is 12.6. The Morgan fingerprint density at radius 2 is 1.63 bits per heavy atom. The highest BCUT2D eigenvalue weighted by Crippen LogP contribution is 2.19. The number of phenolic OH excluding ortho intramolecular Hbond substituents is 1. The van der Waals surface area contributed by atoms with Gasteiger partial charge in [-0.05, 0) is 31.2 Å². The zero-order valence-electron chi connectivity index (χ0n) is 11.0.